The predicted octanol–water partition coefficient (Wildman–Crippen LogP) is 1.00. The number of nitrogens with zero attached hydrogens (tertiary/aromatic N) is 1. The Hall–Kier alpha value is -1.27. The van der Waals surface area contributed by atoms with Crippen LogP contribution in [0, 0.1) is 19.3 Å². The van der Waals surface area contributed by atoms with Gasteiger partial charge in [-0.05, 0) is 13.8 Å². The van der Waals surface area contributed by atoms with Gasteiger partial charge in [-0.15, -0.1) is 6.42 Å². The monoisotopic (exact) mass is 163 g/mol. The average molecular weight is 163 g/mol. The molecule has 0 aromatic carbocycles. The summed E-state index contributed by atoms with van der Waals surface area (Å²) in [6.07, 6.45) is 6.96. The molecule has 0 radical (unpaired) electrons. The maximum atomic E-state index is 5.13. The largest absolute Gasteiger partial charge is 0.299 e. The fourth-order valence-electron chi connectivity index (χ4n) is 1.12. The second-order valence-corrected chi connectivity index (χ2v) is 2.76. The average Bonchev–Trinajstić information content (AvgIpc) is 2.47. The van der Waals surface area contributed by atoms with Crippen molar-refractivity contribution in [1.82, 2.24) is 15.5 Å². The summed E-state index contributed by atoms with van der Waals surface area (Å²) < 4.78 is 0. The molecule has 0 saturated heterocycles. The Morgan fingerprint density at radius 1 is 1.83 bits per heavy atom. The van der Waals surface area contributed by atoms with E-state index in [1.165, 1.54) is 5.56 Å². The minimum Gasteiger partial charge on any atom is -0.299 e. The first kappa shape index (κ1) is 8.82. The fraction of sp³-hybridized carbons (Fsp3) is 0.444. The molecule has 0 aliphatic rings. The molecule has 0 amide bonds. The first-order chi connectivity index (χ1) is 5.75. The van der Waals surface area contributed by atoms with E-state index >= 15 is 0 Å². The molecule has 0 bridgehead atoms. The minimum absolute atomic E-state index is 0.264. The van der Waals surface area contributed by atoms with Gasteiger partial charge in [0.05, 0.1) is 12.7 Å². The number of aromatic amines is 1. The molecule has 1 aromatic heterocycles. The van der Waals surface area contributed by atoms with Crippen LogP contribution < -0.4 is 5.32 Å². The Morgan fingerprint density at radius 3 is 3.08 bits per heavy atom. The molecular weight excluding hydrogens is 150 g/mol. The van der Waals surface area contributed by atoms with Crippen molar-refractivity contribution < 1.29 is 0 Å². The summed E-state index contributed by atoms with van der Waals surface area (Å²) in [5, 5.41) is 10.00. The van der Waals surface area contributed by atoms with Crippen molar-refractivity contribution >= 4 is 0 Å². The second kappa shape index (κ2) is 3.93. The van der Waals surface area contributed by atoms with Gasteiger partial charge in [0.15, 0.2) is 0 Å². The van der Waals surface area contributed by atoms with Crippen LogP contribution in [0.25, 0.3) is 0 Å². The molecule has 3 nitrogen and oxygen atoms in total. The summed E-state index contributed by atoms with van der Waals surface area (Å²) in [5.74, 6) is 2.54. The molecule has 1 heterocycles. The molecule has 12 heavy (non-hydrogen) atoms. The van der Waals surface area contributed by atoms with Crippen molar-refractivity contribution in [2.75, 3.05) is 6.54 Å². The molecular formula is C9H13N3. The standard InChI is InChI=1S/C9H13N3/c1-4-5-10-7(2)9-6-11-12-8(9)3/h1,6-7,10H,5H2,2-3H3,(H,11,12). The van der Waals surface area contributed by atoms with Crippen LogP contribution in [0.2, 0.25) is 0 Å². The van der Waals surface area contributed by atoms with Crippen LogP contribution in [0.3, 0.4) is 0 Å². The molecule has 64 valence electrons. The van der Waals surface area contributed by atoms with Crippen molar-refractivity contribution in [1.29, 1.82) is 0 Å². The zero-order valence-electron chi connectivity index (χ0n) is 7.39. The van der Waals surface area contributed by atoms with E-state index in [0.29, 0.717) is 6.54 Å². The van der Waals surface area contributed by atoms with Crippen molar-refractivity contribution in [3.05, 3.63) is 17.5 Å². The van der Waals surface area contributed by atoms with Crippen molar-refractivity contribution in [3.8, 4) is 12.3 Å². The van der Waals surface area contributed by atoms with Gasteiger partial charge in [-0.2, -0.15) is 5.10 Å². The van der Waals surface area contributed by atoms with Crippen LogP contribution in [0.5, 0.6) is 0 Å². The van der Waals surface area contributed by atoms with Crippen LogP contribution in [0.4, 0.5) is 0 Å². The third-order valence-electron chi connectivity index (χ3n) is 1.85. The number of terminal acetylenes is 1. The van der Waals surface area contributed by atoms with E-state index in [4.69, 9.17) is 6.42 Å². The van der Waals surface area contributed by atoms with Crippen molar-refractivity contribution in [3.63, 3.8) is 0 Å². The lowest BCUT2D eigenvalue weighted by Crippen LogP contribution is -2.18. The number of H-pyrrole nitrogens is 1. The van der Waals surface area contributed by atoms with Gasteiger partial charge in [-0.3, -0.25) is 10.4 Å². The Balaban J connectivity index is 2.60. The highest BCUT2D eigenvalue weighted by Gasteiger charge is 2.07. The number of hydrogen-bond donors (Lipinski definition) is 2. The summed E-state index contributed by atoms with van der Waals surface area (Å²) in [7, 11) is 0. The highest BCUT2D eigenvalue weighted by atomic mass is 15.1. The summed E-state index contributed by atoms with van der Waals surface area (Å²) in [6.45, 7) is 4.65. The van der Waals surface area contributed by atoms with Crippen molar-refractivity contribution in [2.24, 2.45) is 0 Å². The summed E-state index contributed by atoms with van der Waals surface area (Å²) in [5.41, 5.74) is 2.26. The van der Waals surface area contributed by atoms with Gasteiger partial charge in [0.2, 0.25) is 0 Å². The van der Waals surface area contributed by atoms with Crippen molar-refractivity contribution in [2.45, 2.75) is 19.9 Å². The smallest absolute Gasteiger partial charge is 0.0578 e. The first-order valence-corrected chi connectivity index (χ1v) is 3.92. The van der Waals surface area contributed by atoms with E-state index < -0.39 is 0 Å². The molecule has 0 aliphatic heterocycles. The fourth-order valence-corrected chi connectivity index (χ4v) is 1.12. The molecule has 0 saturated carbocycles. The first-order valence-electron chi connectivity index (χ1n) is 3.92. The molecule has 1 aromatic rings. The lowest BCUT2D eigenvalue weighted by atomic mass is 10.1. The normalized spacial score (nSPS) is 12.4. The third kappa shape index (κ3) is 1.86. The van der Waals surface area contributed by atoms with Gasteiger partial charge in [0.1, 0.15) is 0 Å². The third-order valence-corrected chi connectivity index (χ3v) is 1.85. The van der Waals surface area contributed by atoms with E-state index in [2.05, 4.69) is 28.4 Å². The topological polar surface area (TPSA) is 40.7 Å². The van der Waals surface area contributed by atoms with Gasteiger partial charge >= 0.3 is 0 Å². The van der Waals surface area contributed by atoms with Gasteiger partial charge < -0.3 is 0 Å². The molecule has 1 atom stereocenters. The number of aromatic nitrogens is 2. The molecule has 1 unspecified atom stereocenters. The number of nitrogens with one attached hydrogen (secondary N) is 2. The number of rotatable bonds is 3. The molecule has 1 rings (SSSR count). The minimum atomic E-state index is 0.264. The maximum Gasteiger partial charge on any atom is 0.0578 e. The van der Waals surface area contributed by atoms with Gasteiger partial charge in [0.25, 0.3) is 0 Å². The zero-order valence-corrected chi connectivity index (χ0v) is 7.39. The Labute approximate surface area is 72.6 Å². The van der Waals surface area contributed by atoms with E-state index in [0.717, 1.165) is 5.69 Å². The van der Waals surface area contributed by atoms with Crippen LogP contribution in [-0.4, -0.2) is 16.7 Å². The number of aryl methyl sites for hydroxylation is 1. The Bertz CT molecular complexity index is 282. The maximum absolute atomic E-state index is 5.13. The van der Waals surface area contributed by atoms with Crippen LogP contribution >= 0.6 is 0 Å². The Kier molecular flexibility index (Phi) is 2.89. The highest BCUT2D eigenvalue weighted by molar-refractivity contribution is 5.18. The summed E-state index contributed by atoms with van der Waals surface area (Å²) in [4.78, 5) is 0. The molecule has 2 N–H and O–H groups in total. The van der Waals surface area contributed by atoms with Gasteiger partial charge in [-0.1, -0.05) is 5.92 Å². The van der Waals surface area contributed by atoms with E-state index in [-0.39, 0.29) is 6.04 Å². The summed E-state index contributed by atoms with van der Waals surface area (Å²) in [6, 6.07) is 0.264. The van der Waals surface area contributed by atoms with Crippen LogP contribution in [0.1, 0.15) is 24.2 Å². The molecule has 3 heteroatoms. The molecule has 0 spiro atoms. The van der Waals surface area contributed by atoms with E-state index in [1.54, 1.807) is 0 Å². The lowest BCUT2D eigenvalue weighted by molar-refractivity contribution is 0.620. The van der Waals surface area contributed by atoms with E-state index in [9.17, 15) is 0 Å². The molecule has 0 aliphatic carbocycles. The SMILES string of the molecule is C#CCNC(C)c1cn[nH]c1C. The molecule has 0 fully saturated rings. The van der Waals surface area contributed by atoms with Crippen LogP contribution in [-0.2, 0) is 0 Å². The van der Waals surface area contributed by atoms with Gasteiger partial charge in [0, 0.05) is 17.3 Å². The van der Waals surface area contributed by atoms with Crippen LogP contribution in [0.15, 0.2) is 6.20 Å². The van der Waals surface area contributed by atoms with E-state index in [1.807, 2.05) is 13.1 Å². The second-order valence-electron chi connectivity index (χ2n) is 2.76. The van der Waals surface area contributed by atoms with Gasteiger partial charge in [-0.25, -0.2) is 0 Å². The predicted molar refractivity (Wildman–Crippen MR) is 48.6 cm³/mol. The quantitative estimate of drug-likeness (QED) is 0.653. The number of hydrogen-bond acceptors (Lipinski definition) is 2. The zero-order chi connectivity index (χ0) is 8.97. The lowest BCUT2D eigenvalue weighted by Gasteiger charge is -2.09. The summed E-state index contributed by atoms with van der Waals surface area (Å²) >= 11 is 0. The highest BCUT2D eigenvalue weighted by Crippen LogP contribution is 2.13. The Morgan fingerprint density at radius 2 is 2.58 bits per heavy atom.